The summed E-state index contributed by atoms with van der Waals surface area (Å²) in [5.74, 6) is -3.04. The van der Waals surface area contributed by atoms with Crippen molar-refractivity contribution in [1.82, 2.24) is 30.7 Å². The standard InChI is InChI=1S/C35H52F2N6O/c1-38-19-5-6-22-43(32-13-7-11-28-12-8-20-40-33(28)32)26-30-25-42(24-21-39-30)23-16-31(27-9-3-2-4-10-27)41-34(44)29-14-17-35(36,37)18-15-29/h2-4,8-10,12,20,29-32,38-39H,5-7,11,13-19,21-26H2,1H3,(H,41,44)/t30-,31+,32+/m1/s1. The van der Waals surface area contributed by atoms with Crippen molar-refractivity contribution in [1.29, 1.82) is 0 Å². The number of nitrogens with zero attached hydrogens (tertiary/aromatic N) is 3. The average molecular weight is 611 g/mol. The van der Waals surface area contributed by atoms with Gasteiger partial charge in [-0.1, -0.05) is 36.4 Å². The highest BCUT2D eigenvalue weighted by Crippen LogP contribution is 2.37. The number of piperazine rings is 1. The summed E-state index contributed by atoms with van der Waals surface area (Å²) in [4.78, 5) is 23.3. The number of aromatic nitrogens is 1. The van der Waals surface area contributed by atoms with E-state index in [-0.39, 0.29) is 43.6 Å². The number of nitrogens with one attached hydrogen (secondary N) is 3. The summed E-state index contributed by atoms with van der Waals surface area (Å²) in [6, 6.07) is 15.0. The Morgan fingerprint density at radius 2 is 1.95 bits per heavy atom. The van der Waals surface area contributed by atoms with Gasteiger partial charge in [-0.15, -0.1) is 0 Å². The van der Waals surface area contributed by atoms with Gasteiger partial charge in [0.2, 0.25) is 11.8 Å². The molecule has 3 atom stereocenters. The number of pyridine rings is 1. The Hall–Kier alpha value is -2.46. The Bertz CT molecular complexity index is 1160. The van der Waals surface area contributed by atoms with Crippen LogP contribution in [0.25, 0.3) is 0 Å². The van der Waals surface area contributed by atoms with E-state index in [1.54, 1.807) is 0 Å². The van der Waals surface area contributed by atoms with Crippen LogP contribution < -0.4 is 16.0 Å². The number of fused-ring (bicyclic) bond motifs is 1. The molecule has 2 heterocycles. The Morgan fingerprint density at radius 3 is 2.75 bits per heavy atom. The molecule has 2 fully saturated rings. The smallest absolute Gasteiger partial charge is 0.248 e. The first-order chi connectivity index (χ1) is 21.4. The van der Waals surface area contributed by atoms with E-state index in [0.29, 0.717) is 12.1 Å². The molecule has 44 heavy (non-hydrogen) atoms. The first-order valence-corrected chi connectivity index (χ1v) is 16.9. The third-order valence-electron chi connectivity index (χ3n) is 9.86. The van der Waals surface area contributed by atoms with E-state index < -0.39 is 5.92 Å². The van der Waals surface area contributed by atoms with Crippen molar-refractivity contribution in [3.05, 3.63) is 65.5 Å². The van der Waals surface area contributed by atoms with Crippen molar-refractivity contribution in [2.24, 2.45) is 5.92 Å². The number of rotatable bonds is 14. The number of benzene rings is 1. The van der Waals surface area contributed by atoms with Crippen LogP contribution in [0.4, 0.5) is 8.78 Å². The van der Waals surface area contributed by atoms with Crippen molar-refractivity contribution in [2.45, 2.75) is 88.3 Å². The molecule has 1 aromatic carbocycles. The van der Waals surface area contributed by atoms with Crippen LogP contribution in [0.3, 0.4) is 0 Å². The zero-order valence-electron chi connectivity index (χ0n) is 26.5. The largest absolute Gasteiger partial charge is 0.349 e. The molecule has 3 N–H and O–H groups in total. The quantitative estimate of drug-likeness (QED) is 0.259. The number of unbranched alkanes of at least 4 members (excludes halogenated alkanes) is 1. The van der Waals surface area contributed by atoms with E-state index >= 15 is 0 Å². The fourth-order valence-corrected chi connectivity index (χ4v) is 7.35. The van der Waals surface area contributed by atoms with Gasteiger partial charge in [0.25, 0.3) is 0 Å². The van der Waals surface area contributed by atoms with Gasteiger partial charge in [-0.05, 0) is 88.7 Å². The second-order valence-electron chi connectivity index (χ2n) is 13.1. The Kier molecular flexibility index (Phi) is 12.1. The van der Waals surface area contributed by atoms with E-state index in [0.717, 1.165) is 83.5 Å². The Morgan fingerprint density at radius 1 is 1.14 bits per heavy atom. The third kappa shape index (κ3) is 9.28. The summed E-state index contributed by atoms with van der Waals surface area (Å²) in [6.45, 7) is 6.83. The highest BCUT2D eigenvalue weighted by molar-refractivity contribution is 5.79. The fraction of sp³-hybridized carbons (Fsp3) is 0.657. The Labute approximate surface area is 262 Å². The topological polar surface area (TPSA) is 72.5 Å². The second kappa shape index (κ2) is 16.2. The maximum absolute atomic E-state index is 13.7. The molecule has 2 aromatic rings. The van der Waals surface area contributed by atoms with Gasteiger partial charge in [0.05, 0.1) is 17.8 Å². The summed E-state index contributed by atoms with van der Waals surface area (Å²) in [7, 11) is 2.02. The van der Waals surface area contributed by atoms with Crippen LogP contribution in [0.5, 0.6) is 0 Å². The van der Waals surface area contributed by atoms with Crippen LogP contribution >= 0.6 is 0 Å². The molecule has 1 aliphatic heterocycles. The van der Waals surface area contributed by atoms with Gasteiger partial charge in [-0.25, -0.2) is 8.78 Å². The highest BCUT2D eigenvalue weighted by Gasteiger charge is 2.38. The lowest BCUT2D eigenvalue weighted by molar-refractivity contribution is -0.130. The maximum atomic E-state index is 13.7. The minimum absolute atomic E-state index is 0.0807. The number of halogens is 2. The molecule has 3 aliphatic rings. The van der Waals surface area contributed by atoms with Gasteiger partial charge in [0.1, 0.15) is 0 Å². The van der Waals surface area contributed by atoms with Gasteiger partial charge in [-0.2, -0.15) is 0 Å². The number of hydrogen-bond acceptors (Lipinski definition) is 6. The van der Waals surface area contributed by atoms with E-state index in [2.05, 4.69) is 50.0 Å². The zero-order chi connectivity index (χ0) is 30.8. The van der Waals surface area contributed by atoms with Crippen LogP contribution in [0.15, 0.2) is 48.7 Å². The normalized spacial score (nSPS) is 23.3. The molecule has 242 valence electrons. The summed E-state index contributed by atoms with van der Waals surface area (Å²) in [5, 5.41) is 10.3. The fourth-order valence-electron chi connectivity index (χ4n) is 7.35. The van der Waals surface area contributed by atoms with Gasteiger partial charge in [0.15, 0.2) is 0 Å². The zero-order valence-corrected chi connectivity index (χ0v) is 26.5. The van der Waals surface area contributed by atoms with Crippen LogP contribution in [0, 0.1) is 5.92 Å². The SMILES string of the molecule is CNCCCCN(C[C@H]1CN(CC[C@H](NC(=O)C2CCC(F)(F)CC2)c2ccccc2)CCN1)[C@H]1CCCc2cccnc21. The summed E-state index contributed by atoms with van der Waals surface area (Å²) >= 11 is 0. The van der Waals surface area contributed by atoms with Crippen molar-refractivity contribution < 1.29 is 13.6 Å². The molecule has 1 saturated carbocycles. The molecule has 5 rings (SSSR count). The molecule has 1 amide bonds. The predicted molar refractivity (Wildman–Crippen MR) is 172 cm³/mol. The number of amides is 1. The van der Waals surface area contributed by atoms with Crippen molar-refractivity contribution in [2.75, 3.05) is 52.9 Å². The highest BCUT2D eigenvalue weighted by atomic mass is 19.3. The molecule has 1 saturated heterocycles. The lowest BCUT2D eigenvalue weighted by Gasteiger charge is -2.41. The average Bonchev–Trinajstić information content (AvgIpc) is 3.04. The minimum atomic E-state index is -2.63. The van der Waals surface area contributed by atoms with Crippen LogP contribution in [0.2, 0.25) is 0 Å². The number of hydrogen-bond donors (Lipinski definition) is 3. The summed E-state index contributed by atoms with van der Waals surface area (Å²) < 4.78 is 27.4. The van der Waals surface area contributed by atoms with E-state index in [1.807, 2.05) is 31.4 Å². The first-order valence-electron chi connectivity index (χ1n) is 16.9. The summed E-state index contributed by atoms with van der Waals surface area (Å²) in [6.07, 6.45) is 8.66. The monoisotopic (exact) mass is 610 g/mol. The van der Waals surface area contributed by atoms with Gasteiger partial charge in [-0.3, -0.25) is 14.7 Å². The van der Waals surface area contributed by atoms with Crippen LogP contribution in [0.1, 0.15) is 86.7 Å². The van der Waals surface area contributed by atoms with E-state index in [4.69, 9.17) is 4.98 Å². The molecular formula is C35H52F2N6O. The molecule has 2 aliphatic carbocycles. The number of carbonyl (C=O) groups excluding carboxylic acids is 1. The molecule has 0 spiro atoms. The Balaban J connectivity index is 1.20. The number of carbonyl (C=O) groups is 1. The van der Waals surface area contributed by atoms with E-state index in [9.17, 15) is 13.6 Å². The molecule has 0 radical (unpaired) electrons. The van der Waals surface area contributed by atoms with Gasteiger partial charge >= 0.3 is 0 Å². The number of aryl methyl sites for hydroxylation is 1. The molecule has 9 heteroatoms. The molecule has 1 aromatic heterocycles. The van der Waals surface area contributed by atoms with Crippen molar-refractivity contribution in [3.8, 4) is 0 Å². The van der Waals surface area contributed by atoms with Crippen LogP contribution in [-0.2, 0) is 11.2 Å². The lowest BCUT2D eigenvalue weighted by Crippen LogP contribution is -2.55. The second-order valence-corrected chi connectivity index (χ2v) is 13.1. The maximum Gasteiger partial charge on any atom is 0.248 e. The predicted octanol–water partition coefficient (Wildman–Crippen LogP) is 5.11. The van der Waals surface area contributed by atoms with Crippen molar-refractivity contribution in [3.63, 3.8) is 0 Å². The number of alkyl halides is 2. The molecular weight excluding hydrogens is 558 g/mol. The lowest BCUT2D eigenvalue weighted by atomic mass is 9.86. The third-order valence-corrected chi connectivity index (χ3v) is 9.86. The van der Waals surface area contributed by atoms with Crippen LogP contribution in [-0.4, -0.2) is 85.5 Å². The molecule has 0 bridgehead atoms. The molecule has 7 nitrogen and oxygen atoms in total. The molecule has 0 unspecified atom stereocenters. The van der Waals surface area contributed by atoms with E-state index in [1.165, 1.54) is 17.7 Å². The first kappa shape index (κ1) is 32.9. The summed E-state index contributed by atoms with van der Waals surface area (Å²) in [5.41, 5.74) is 3.74. The minimum Gasteiger partial charge on any atom is -0.349 e. The van der Waals surface area contributed by atoms with Gasteiger partial charge < -0.3 is 20.9 Å². The van der Waals surface area contributed by atoms with Crippen molar-refractivity contribution >= 4 is 5.91 Å². The van der Waals surface area contributed by atoms with Gasteiger partial charge in [0, 0.05) is 63.7 Å².